The van der Waals surface area contributed by atoms with Crippen molar-refractivity contribution >= 4 is 17.5 Å². The molecule has 0 spiro atoms. The van der Waals surface area contributed by atoms with E-state index < -0.39 is 0 Å². The van der Waals surface area contributed by atoms with Gasteiger partial charge in [0.05, 0.1) is 6.54 Å². The van der Waals surface area contributed by atoms with Gasteiger partial charge in [0.15, 0.2) is 0 Å². The van der Waals surface area contributed by atoms with Gasteiger partial charge in [0, 0.05) is 44.8 Å². The molecule has 1 aromatic carbocycles. The van der Waals surface area contributed by atoms with Gasteiger partial charge in [0.25, 0.3) is 0 Å². The van der Waals surface area contributed by atoms with Crippen molar-refractivity contribution in [2.24, 2.45) is 0 Å². The van der Waals surface area contributed by atoms with Crippen LogP contribution < -0.4 is 4.90 Å². The van der Waals surface area contributed by atoms with Crippen molar-refractivity contribution in [3.05, 3.63) is 29.3 Å². The van der Waals surface area contributed by atoms with Crippen LogP contribution in [0.2, 0.25) is 0 Å². The van der Waals surface area contributed by atoms with E-state index in [-0.39, 0.29) is 18.4 Å². The highest BCUT2D eigenvalue weighted by Crippen LogP contribution is 2.24. The molecule has 2 amide bonds. The van der Waals surface area contributed by atoms with Crippen molar-refractivity contribution in [1.29, 1.82) is 0 Å². The minimum absolute atomic E-state index is 0.0841. The fourth-order valence-corrected chi connectivity index (χ4v) is 3.41. The molecule has 5 nitrogen and oxygen atoms in total. The van der Waals surface area contributed by atoms with Crippen molar-refractivity contribution in [1.82, 2.24) is 9.80 Å². The molecule has 2 fully saturated rings. The molecular weight excluding hydrogens is 290 g/mol. The largest absolute Gasteiger partial charge is 0.368 e. The fourth-order valence-electron chi connectivity index (χ4n) is 3.41. The van der Waals surface area contributed by atoms with Gasteiger partial charge in [-0.05, 0) is 37.5 Å². The Kier molecular flexibility index (Phi) is 4.55. The van der Waals surface area contributed by atoms with E-state index in [1.54, 1.807) is 4.90 Å². The van der Waals surface area contributed by atoms with E-state index in [2.05, 4.69) is 36.9 Å². The lowest BCUT2D eigenvalue weighted by Gasteiger charge is -2.37. The summed E-state index contributed by atoms with van der Waals surface area (Å²) in [4.78, 5) is 30.0. The zero-order valence-electron chi connectivity index (χ0n) is 14.0. The summed E-state index contributed by atoms with van der Waals surface area (Å²) < 4.78 is 0. The molecule has 0 unspecified atom stereocenters. The van der Waals surface area contributed by atoms with Crippen LogP contribution in [0.15, 0.2) is 18.2 Å². The Morgan fingerprint density at radius 2 is 1.83 bits per heavy atom. The van der Waals surface area contributed by atoms with E-state index in [4.69, 9.17) is 0 Å². The summed E-state index contributed by atoms with van der Waals surface area (Å²) in [6, 6.07) is 6.38. The van der Waals surface area contributed by atoms with Crippen molar-refractivity contribution in [3.63, 3.8) is 0 Å². The van der Waals surface area contributed by atoms with Crippen molar-refractivity contribution < 1.29 is 9.59 Å². The number of aryl methyl sites for hydroxylation is 1. The standard InChI is InChI=1S/C18H25N3O2/c1-14-5-3-6-16(15(14)2)19-9-11-20(12-10-19)18(23)13-21-8-4-7-17(21)22/h3,5-6H,4,7-13H2,1-2H3. The Balaban J connectivity index is 1.56. The van der Waals surface area contributed by atoms with Crippen LogP contribution in [0.25, 0.3) is 0 Å². The van der Waals surface area contributed by atoms with Gasteiger partial charge in [-0.1, -0.05) is 12.1 Å². The SMILES string of the molecule is Cc1cccc(N2CCN(C(=O)CN3CCCC3=O)CC2)c1C. The van der Waals surface area contributed by atoms with E-state index in [0.29, 0.717) is 6.42 Å². The summed E-state index contributed by atoms with van der Waals surface area (Å²) in [6.45, 7) is 8.43. The van der Waals surface area contributed by atoms with Gasteiger partial charge in [0.2, 0.25) is 11.8 Å². The lowest BCUT2D eigenvalue weighted by Crippen LogP contribution is -2.51. The molecule has 0 aliphatic carbocycles. The first-order valence-corrected chi connectivity index (χ1v) is 8.43. The number of carbonyl (C=O) groups excluding carboxylic acids is 2. The van der Waals surface area contributed by atoms with E-state index in [1.165, 1.54) is 16.8 Å². The van der Waals surface area contributed by atoms with Crippen LogP contribution in [0.5, 0.6) is 0 Å². The second-order valence-corrected chi connectivity index (χ2v) is 6.51. The average molecular weight is 315 g/mol. The predicted molar refractivity (Wildman–Crippen MR) is 90.5 cm³/mol. The Labute approximate surface area is 137 Å². The van der Waals surface area contributed by atoms with Crippen molar-refractivity contribution in [2.45, 2.75) is 26.7 Å². The number of likely N-dealkylation sites (tertiary alicyclic amines) is 1. The maximum Gasteiger partial charge on any atom is 0.242 e. The molecule has 2 heterocycles. The van der Waals surface area contributed by atoms with Crippen LogP contribution in [0.1, 0.15) is 24.0 Å². The number of anilines is 1. The maximum atomic E-state index is 12.4. The number of rotatable bonds is 3. The van der Waals surface area contributed by atoms with Crippen molar-refractivity contribution in [3.8, 4) is 0 Å². The van der Waals surface area contributed by atoms with Gasteiger partial charge < -0.3 is 14.7 Å². The predicted octanol–water partition coefficient (Wildman–Crippen LogP) is 1.57. The Bertz CT molecular complexity index is 606. The quantitative estimate of drug-likeness (QED) is 0.850. The third kappa shape index (κ3) is 3.33. The number of hydrogen-bond donors (Lipinski definition) is 0. The molecule has 3 rings (SSSR count). The number of hydrogen-bond acceptors (Lipinski definition) is 3. The minimum Gasteiger partial charge on any atom is -0.368 e. The zero-order chi connectivity index (χ0) is 16.4. The molecular formula is C18H25N3O2. The minimum atomic E-state index is 0.0841. The van der Waals surface area contributed by atoms with Gasteiger partial charge in [-0.25, -0.2) is 0 Å². The van der Waals surface area contributed by atoms with Crippen LogP contribution >= 0.6 is 0 Å². The Morgan fingerprint density at radius 1 is 1.09 bits per heavy atom. The number of carbonyl (C=O) groups is 2. The highest BCUT2D eigenvalue weighted by atomic mass is 16.2. The van der Waals surface area contributed by atoms with Crippen LogP contribution in [0.3, 0.4) is 0 Å². The lowest BCUT2D eigenvalue weighted by molar-refractivity contribution is -0.138. The molecule has 0 saturated carbocycles. The van der Waals surface area contributed by atoms with E-state index >= 15 is 0 Å². The summed E-state index contributed by atoms with van der Waals surface area (Å²) in [5.41, 5.74) is 3.88. The molecule has 5 heteroatoms. The topological polar surface area (TPSA) is 43.9 Å². The first-order chi connectivity index (χ1) is 11.1. The van der Waals surface area contributed by atoms with Gasteiger partial charge in [-0.3, -0.25) is 9.59 Å². The highest BCUT2D eigenvalue weighted by Gasteiger charge is 2.27. The molecule has 1 aromatic rings. The third-order valence-corrected chi connectivity index (χ3v) is 5.05. The molecule has 0 bridgehead atoms. The lowest BCUT2D eigenvalue weighted by atomic mass is 10.1. The van der Waals surface area contributed by atoms with Crippen LogP contribution in [-0.4, -0.2) is 60.9 Å². The van der Waals surface area contributed by atoms with Gasteiger partial charge in [0.1, 0.15) is 0 Å². The van der Waals surface area contributed by atoms with Gasteiger partial charge in [-0.2, -0.15) is 0 Å². The molecule has 0 atom stereocenters. The normalized spacial score (nSPS) is 18.7. The molecule has 124 valence electrons. The van der Waals surface area contributed by atoms with Crippen LogP contribution in [0, 0.1) is 13.8 Å². The molecule has 2 aliphatic rings. The average Bonchev–Trinajstić information content (AvgIpc) is 2.95. The summed E-state index contributed by atoms with van der Waals surface area (Å²) in [6.07, 6.45) is 1.47. The molecule has 2 aliphatic heterocycles. The summed E-state index contributed by atoms with van der Waals surface area (Å²) in [5.74, 6) is 0.202. The molecule has 0 aromatic heterocycles. The molecule has 2 saturated heterocycles. The van der Waals surface area contributed by atoms with E-state index in [0.717, 1.165) is 39.1 Å². The summed E-state index contributed by atoms with van der Waals surface area (Å²) >= 11 is 0. The second kappa shape index (κ2) is 6.60. The van der Waals surface area contributed by atoms with Gasteiger partial charge in [-0.15, -0.1) is 0 Å². The molecule has 0 radical (unpaired) electrons. The first kappa shape index (κ1) is 15.8. The maximum absolute atomic E-state index is 12.4. The third-order valence-electron chi connectivity index (χ3n) is 5.05. The zero-order valence-corrected chi connectivity index (χ0v) is 14.0. The van der Waals surface area contributed by atoms with Crippen LogP contribution in [0.4, 0.5) is 5.69 Å². The van der Waals surface area contributed by atoms with Gasteiger partial charge >= 0.3 is 0 Å². The Hall–Kier alpha value is -2.04. The smallest absolute Gasteiger partial charge is 0.242 e. The summed E-state index contributed by atoms with van der Waals surface area (Å²) in [5, 5.41) is 0. The molecule has 0 N–H and O–H groups in total. The van der Waals surface area contributed by atoms with Crippen LogP contribution in [-0.2, 0) is 9.59 Å². The monoisotopic (exact) mass is 315 g/mol. The summed E-state index contributed by atoms with van der Waals surface area (Å²) in [7, 11) is 0. The van der Waals surface area contributed by atoms with Crippen molar-refractivity contribution in [2.75, 3.05) is 44.2 Å². The highest BCUT2D eigenvalue weighted by molar-refractivity contribution is 5.86. The molecule has 23 heavy (non-hydrogen) atoms. The number of benzene rings is 1. The first-order valence-electron chi connectivity index (χ1n) is 8.43. The number of nitrogens with zero attached hydrogens (tertiary/aromatic N) is 3. The van der Waals surface area contributed by atoms with E-state index in [1.807, 2.05) is 4.90 Å². The van der Waals surface area contributed by atoms with E-state index in [9.17, 15) is 9.59 Å². The Morgan fingerprint density at radius 3 is 2.48 bits per heavy atom. The second-order valence-electron chi connectivity index (χ2n) is 6.51. The number of amides is 2. The number of piperazine rings is 1. The fraction of sp³-hybridized carbons (Fsp3) is 0.556.